The Morgan fingerprint density at radius 3 is 1.21 bits per heavy atom. The Bertz CT molecular complexity index is 1500. The summed E-state index contributed by atoms with van der Waals surface area (Å²) in [4.78, 5) is 31.7. The Kier molecular flexibility index (Phi) is 15.6. The number of benzene rings is 2. The number of esters is 2. The van der Waals surface area contributed by atoms with E-state index in [1.54, 1.807) is 86.9 Å². The van der Waals surface area contributed by atoms with E-state index in [0.717, 1.165) is 11.1 Å². The number of hydrogen-bond acceptors (Lipinski definition) is 8. The van der Waals surface area contributed by atoms with Crippen molar-refractivity contribution in [3.05, 3.63) is 128 Å². The molecule has 256 valence electrons. The summed E-state index contributed by atoms with van der Waals surface area (Å²) in [6.07, 6.45) is 5.52. The minimum Gasteiger partial charge on any atom is -0.469 e. The van der Waals surface area contributed by atoms with Crippen LogP contribution in [0.15, 0.2) is 85.5 Å². The molecule has 0 aliphatic carbocycles. The van der Waals surface area contributed by atoms with Crippen molar-refractivity contribution in [3.63, 3.8) is 0 Å². The maximum Gasteiger partial charge on any atom is 0.308 e. The lowest BCUT2D eigenvalue weighted by atomic mass is 9.83. The SMILES string of the molecule is COC(=O)C(C)C[C@@H](c1cncc(Cl)c1)[C@H](O)c1ccc(Cl)cc1.COC(=O)C(C)C[C@H](c1cncc(Cl)c1)[C@@H](O)c1ccc(Cl)cc1. The van der Waals surface area contributed by atoms with Gasteiger partial charge in [-0.1, -0.05) is 84.5 Å². The molecule has 2 N–H and O–H groups in total. The molecule has 0 radical (unpaired) electrons. The first-order valence-corrected chi connectivity index (χ1v) is 16.6. The molecule has 2 aromatic carbocycles. The van der Waals surface area contributed by atoms with Crippen molar-refractivity contribution in [2.45, 2.75) is 50.7 Å². The molecule has 0 spiro atoms. The molecule has 4 aromatic rings. The average molecular weight is 737 g/mol. The normalized spacial score (nSPS) is 14.7. The molecule has 0 bridgehead atoms. The van der Waals surface area contributed by atoms with Gasteiger partial charge in [0.1, 0.15) is 0 Å². The Hall–Kier alpha value is -3.24. The van der Waals surface area contributed by atoms with E-state index in [1.807, 2.05) is 0 Å². The predicted octanol–water partition coefficient (Wildman–Crippen LogP) is 8.81. The van der Waals surface area contributed by atoms with Crippen LogP contribution in [0.4, 0.5) is 0 Å². The molecule has 0 fully saturated rings. The van der Waals surface area contributed by atoms with E-state index in [0.29, 0.717) is 44.1 Å². The molecule has 8 nitrogen and oxygen atoms in total. The van der Waals surface area contributed by atoms with Gasteiger partial charge in [0, 0.05) is 46.7 Å². The smallest absolute Gasteiger partial charge is 0.308 e. The number of ether oxygens (including phenoxy) is 2. The number of aliphatic hydroxyl groups is 2. The number of nitrogens with zero attached hydrogens (tertiary/aromatic N) is 2. The molecule has 4 rings (SSSR count). The number of halogens is 4. The molecule has 0 saturated carbocycles. The third-order valence-electron chi connectivity index (χ3n) is 7.92. The third kappa shape index (κ3) is 11.4. The Labute approximate surface area is 301 Å². The van der Waals surface area contributed by atoms with Crippen LogP contribution >= 0.6 is 46.4 Å². The van der Waals surface area contributed by atoms with Crippen LogP contribution in [0, 0.1) is 11.8 Å². The molecule has 2 aromatic heterocycles. The van der Waals surface area contributed by atoms with Crippen LogP contribution in [0.25, 0.3) is 0 Å². The molecular formula is C36H38Cl4N2O6. The summed E-state index contributed by atoms with van der Waals surface area (Å²) < 4.78 is 9.59. The van der Waals surface area contributed by atoms with Crippen molar-refractivity contribution in [2.24, 2.45) is 11.8 Å². The zero-order chi connectivity index (χ0) is 35.4. The van der Waals surface area contributed by atoms with Crippen molar-refractivity contribution in [3.8, 4) is 0 Å². The number of rotatable bonds is 12. The van der Waals surface area contributed by atoms with Crippen LogP contribution in [0.5, 0.6) is 0 Å². The lowest BCUT2D eigenvalue weighted by Crippen LogP contribution is -2.20. The Morgan fingerprint density at radius 2 is 0.917 bits per heavy atom. The fourth-order valence-electron chi connectivity index (χ4n) is 5.30. The summed E-state index contributed by atoms with van der Waals surface area (Å²) in [7, 11) is 2.70. The molecule has 2 unspecified atom stereocenters. The standard InChI is InChI=1S/2C18H19Cl2NO3/c2*1-11(18(23)24-2)7-16(13-8-15(20)10-21-9-13)17(22)12-3-5-14(19)6-4-12/h2*3-6,8-11,16-17,22H,7H2,1-2H3/t2*11?,16-,17+/m10/s1. The zero-order valence-electron chi connectivity index (χ0n) is 26.9. The summed E-state index contributed by atoms with van der Waals surface area (Å²) >= 11 is 23.9. The summed E-state index contributed by atoms with van der Waals surface area (Å²) in [5.41, 5.74) is 2.95. The second-order valence-corrected chi connectivity index (χ2v) is 13.1. The van der Waals surface area contributed by atoms with Crippen LogP contribution in [0.3, 0.4) is 0 Å². The number of methoxy groups -OCH3 is 2. The monoisotopic (exact) mass is 734 g/mol. The molecule has 0 saturated heterocycles. The minimum atomic E-state index is -0.824. The summed E-state index contributed by atoms with van der Waals surface area (Å²) in [5.74, 6) is -2.10. The number of aliphatic hydroxyl groups excluding tert-OH is 2. The van der Waals surface area contributed by atoms with Gasteiger partial charge < -0.3 is 19.7 Å². The van der Waals surface area contributed by atoms with Gasteiger partial charge in [-0.25, -0.2) is 0 Å². The number of carbonyl (C=O) groups is 2. The third-order valence-corrected chi connectivity index (χ3v) is 8.83. The van der Waals surface area contributed by atoms with E-state index in [9.17, 15) is 19.8 Å². The maximum atomic E-state index is 11.8. The first-order chi connectivity index (χ1) is 22.8. The van der Waals surface area contributed by atoms with Crippen molar-refractivity contribution in [1.29, 1.82) is 0 Å². The van der Waals surface area contributed by atoms with E-state index in [2.05, 4.69) is 9.97 Å². The number of hydrogen-bond donors (Lipinski definition) is 2. The first-order valence-electron chi connectivity index (χ1n) is 15.1. The quantitative estimate of drug-likeness (QED) is 0.139. The highest BCUT2D eigenvalue weighted by atomic mass is 35.5. The van der Waals surface area contributed by atoms with Gasteiger partial charge in [-0.05, 0) is 71.5 Å². The zero-order valence-corrected chi connectivity index (χ0v) is 29.9. The maximum absolute atomic E-state index is 11.8. The number of pyridine rings is 2. The predicted molar refractivity (Wildman–Crippen MR) is 188 cm³/mol. The first kappa shape index (κ1) is 39.2. The van der Waals surface area contributed by atoms with Crippen LogP contribution in [0.2, 0.25) is 20.1 Å². The topological polar surface area (TPSA) is 119 Å². The lowest BCUT2D eigenvalue weighted by Gasteiger charge is -2.25. The molecule has 48 heavy (non-hydrogen) atoms. The van der Waals surface area contributed by atoms with Gasteiger partial charge in [0.15, 0.2) is 0 Å². The molecule has 0 amide bonds. The summed E-state index contributed by atoms with van der Waals surface area (Å²) in [5, 5.41) is 23.8. The average Bonchev–Trinajstić information content (AvgIpc) is 3.08. The summed E-state index contributed by atoms with van der Waals surface area (Å²) in [6, 6.07) is 17.4. The van der Waals surface area contributed by atoms with Crippen molar-refractivity contribution in [1.82, 2.24) is 9.97 Å². The van der Waals surface area contributed by atoms with Crippen LogP contribution in [-0.4, -0.2) is 46.3 Å². The molecule has 2 heterocycles. The van der Waals surface area contributed by atoms with Gasteiger partial charge in [-0.2, -0.15) is 0 Å². The van der Waals surface area contributed by atoms with Gasteiger partial charge in [0.2, 0.25) is 0 Å². The van der Waals surface area contributed by atoms with Gasteiger partial charge in [-0.3, -0.25) is 19.6 Å². The fourth-order valence-corrected chi connectivity index (χ4v) is 5.91. The Balaban J connectivity index is 0.000000260. The Morgan fingerprint density at radius 1 is 0.583 bits per heavy atom. The van der Waals surface area contributed by atoms with Gasteiger partial charge in [0.25, 0.3) is 0 Å². The van der Waals surface area contributed by atoms with E-state index in [4.69, 9.17) is 55.9 Å². The highest BCUT2D eigenvalue weighted by molar-refractivity contribution is 6.31. The minimum absolute atomic E-state index is 0.321. The number of carbonyl (C=O) groups excluding carboxylic acids is 2. The van der Waals surface area contributed by atoms with Gasteiger partial charge in [-0.15, -0.1) is 0 Å². The van der Waals surface area contributed by atoms with Gasteiger partial charge >= 0.3 is 11.9 Å². The van der Waals surface area contributed by atoms with E-state index in [1.165, 1.54) is 26.6 Å². The summed E-state index contributed by atoms with van der Waals surface area (Å²) in [6.45, 7) is 3.54. The van der Waals surface area contributed by atoms with Crippen LogP contribution < -0.4 is 0 Å². The van der Waals surface area contributed by atoms with E-state index >= 15 is 0 Å². The largest absolute Gasteiger partial charge is 0.469 e. The second-order valence-electron chi connectivity index (χ2n) is 11.4. The lowest BCUT2D eigenvalue weighted by molar-refractivity contribution is -0.146. The van der Waals surface area contributed by atoms with E-state index < -0.39 is 12.2 Å². The fraction of sp³-hybridized carbons (Fsp3) is 0.333. The highest BCUT2D eigenvalue weighted by Gasteiger charge is 2.29. The van der Waals surface area contributed by atoms with Gasteiger partial charge in [0.05, 0.1) is 48.3 Å². The second kappa shape index (κ2) is 19.1. The molecule has 6 atom stereocenters. The highest BCUT2D eigenvalue weighted by Crippen LogP contribution is 2.38. The van der Waals surface area contributed by atoms with Crippen molar-refractivity contribution in [2.75, 3.05) is 14.2 Å². The molecule has 0 aliphatic rings. The van der Waals surface area contributed by atoms with Crippen LogP contribution in [-0.2, 0) is 19.1 Å². The molecule has 12 heteroatoms. The van der Waals surface area contributed by atoms with E-state index in [-0.39, 0.29) is 35.6 Å². The van der Waals surface area contributed by atoms with Crippen LogP contribution in [0.1, 0.15) is 73.0 Å². The van der Waals surface area contributed by atoms with Crippen molar-refractivity contribution >= 4 is 58.3 Å². The van der Waals surface area contributed by atoms with Crippen molar-refractivity contribution < 1.29 is 29.3 Å². The molecule has 0 aliphatic heterocycles. The molecular weight excluding hydrogens is 698 g/mol. The number of aromatic nitrogens is 2.